The number of halogens is 5. The number of aryl methyl sites for hydroxylation is 1. The van der Waals surface area contributed by atoms with E-state index in [-0.39, 0.29) is 11.1 Å². The van der Waals surface area contributed by atoms with Gasteiger partial charge in [0.25, 0.3) is 0 Å². The van der Waals surface area contributed by atoms with Crippen LogP contribution in [0.15, 0.2) is 12.1 Å². The number of hydrogen-bond acceptors (Lipinski definition) is 2. The molecule has 0 aliphatic heterocycles. The van der Waals surface area contributed by atoms with Crippen molar-refractivity contribution in [3.63, 3.8) is 0 Å². The Balaban J connectivity index is 3.40. The first kappa shape index (κ1) is 14.4. The van der Waals surface area contributed by atoms with Crippen LogP contribution < -0.4 is 4.74 Å². The highest BCUT2D eigenvalue weighted by Gasteiger charge is 2.34. The first-order valence-electron chi connectivity index (χ1n) is 4.80. The fourth-order valence-corrected chi connectivity index (χ4v) is 1.46. The van der Waals surface area contributed by atoms with Crippen LogP contribution in [-0.4, -0.2) is 12.4 Å². The molecule has 0 unspecified atom stereocenters. The van der Waals surface area contributed by atoms with E-state index in [9.17, 15) is 26.7 Å². The second-order valence-electron chi connectivity index (χ2n) is 3.60. The van der Waals surface area contributed by atoms with Crippen molar-refractivity contribution in [1.82, 2.24) is 0 Å². The summed E-state index contributed by atoms with van der Waals surface area (Å²) in [5.74, 6) is -1.42. The molecule has 1 rings (SSSR count). The first-order valence-corrected chi connectivity index (χ1v) is 4.80. The van der Waals surface area contributed by atoms with Crippen molar-refractivity contribution in [2.45, 2.75) is 26.6 Å². The molecule has 0 fully saturated rings. The van der Waals surface area contributed by atoms with Crippen molar-refractivity contribution in [1.29, 1.82) is 0 Å². The summed E-state index contributed by atoms with van der Waals surface area (Å²) < 4.78 is 65.8. The van der Waals surface area contributed by atoms with Gasteiger partial charge in [0, 0.05) is 0 Å². The molecule has 0 saturated heterocycles. The Morgan fingerprint density at radius 3 is 2.22 bits per heavy atom. The minimum Gasteiger partial charge on any atom is -0.434 e. The summed E-state index contributed by atoms with van der Waals surface area (Å²) >= 11 is 0. The van der Waals surface area contributed by atoms with Gasteiger partial charge in [0.2, 0.25) is 0 Å². The third kappa shape index (κ3) is 3.18. The predicted molar refractivity (Wildman–Crippen MR) is 52.8 cm³/mol. The third-order valence-corrected chi connectivity index (χ3v) is 2.23. The lowest BCUT2D eigenvalue weighted by Crippen LogP contribution is -2.12. The SMILES string of the molecule is CC(=O)c1cc(C)c(C(F)(F)F)cc1OC(F)F. The van der Waals surface area contributed by atoms with Crippen LogP contribution in [0.3, 0.4) is 0 Å². The third-order valence-electron chi connectivity index (χ3n) is 2.23. The molecule has 1 aromatic rings. The summed E-state index contributed by atoms with van der Waals surface area (Å²) in [7, 11) is 0. The molecule has 0 aliphatic rings. The number of ketones is 1. The molecule has 100 valence electrons. The van der Waals surface area contributed by atoms with Gasteiger partial charge in [-0.3, -0.25) is 4.79 Å². The maximum Gasteiger partial charge on any atom is 0.416 e. The Morgan fingerprint density at radius 2 is 1.83 bits per heavy atom. The standard InChI is InChI=1S/C11H9F5O2/c1-5-3-7(6(2)17)9(18-10(12)13)4-8(5)11(14,15)16/h3-4,10H,1-2H3. The number of carbonyl (C=O) groups is 1. The molecule has 0 aromatic heterocycles. The van der Waals surface area contributed by atoms with Gasteiger partial charge in [-0.05, 0) is 31.5 Å². The molecule has 0 amide bonds. The molecule has 0 bridgehead atoms. The average molecular weight is 268 g/mol. The van der Waals surface area contributed by atoms with E-state index in [0.717, 1.165) is 19.9 Å². The molecule has 0 heterocycles. The topological polar surface area (TPSA) is 26.3 Å². The quantitative estimate of drug-likeness (QED) is 0.615. The lowest BCUT2D eigenvalue weighted by Gasteiger charge is -2.15. The van der Waals surface area contributed by atoms with E-state index in [4.69, 9.17) is 0 Å². The van der Waals surface area contributed by atoms with Crippen molar-refractivity contribution >= 4 is 5.78 Å². The van der Waals surface area contributed by atoms with Crippen LogP contribution in [-0.2, 0) is 6.18 Å². The zero-order valence-corrected chi connectivity index (χ0v) is 9.44. The molecule has 0 N–H and O–H groups in total. The summed E-state index contributed by atoms with van der Waals surface area (Å²) in [6, 6.07) is 1.31. The van der Waals surface area contributed by atoms with Crippen LogP contribution >= 0.6 is 0 Å². The van der Waals surface area contributed by atoms with Gasteiger partial charge >= 0.3 is 12.8 Å². The Hall–Kier alpha value is -1.66. The molecule has 7 heteroatoms. The van der Waals surface area contributed by atoms with Crippen molar-refractivity contribution in [3.8, 4) is 5.75 Å². The monoisotopic (exact) mass is 268 g/mol. The first-order chi connectivity index (χ1) is 8.12. The van der Waals surface area contributed by atoms with E-state index in [2.05, 4.69) is 4.74 Å². The smallest absolute Gasteiger partial charge is 0.416 e. The van der Waals surface area contributed by atoms with E-state index >= 15 is 0 Å². The van der Waals surface area contributed by atoms with Gasteiger partial charge < -0.3 is 4.74 Å². The zero-order valence-electron chi connectivity index (χ0n) is 9.44. The van der Waals surface area contributed by atoms with Gasteiger partial charge in [0.05, 0.1) is 11.1 Å². The largest absolute Gasteiger partial charge is 0.434 e. The molecular formula is C11H9F5O2. The molecule has 1 aromatic carbocycles. The van der Waals surface area contributed by atoms with Crippen LogP contribution in [0.2, 0.25) is 0 Å². The van der Waals surface area contributed by atoms with Gasteiger partial charge in [0.15, 0.2) is 5.78 Å². The van der Waals surface area contributed by atoms with E-state index in [1.807, 2.05) is 0 Å². The lowest BCUT2D eigenvalue weighted by atomic mass is 10.0. The molecule has 0 radical (unpaired) electrons. The Morgan fingerprint density at radius 1 is 1.28 bits per heavy atom. The van der Waals surface area contributed by atoms with Crippen LogP contribution in [0.1, 0.15) is 28.4 Å². The van der Waals surface area contributed by atoms with E-state index in [0.29, 0.717) is 6.07 Å². The molecular weight excluding hydrogens is 259 g/mol. The van der Waals surface area contributed by atoms with Crippen LogP contribution in [0, 0.1) is 6.92 Å². The lowest BCUT2D eigenvalue weighted by molar-refractivity contribution is -0.138. The zero-order chi connectivity index (χ0) is 14.1. The number of ether oxygens (including phenoxy) is 1. The summed E-state index contributed by atoms with van der Waals surface area (Å²) in [5, 5.41) is 0. The summed E-state index contributed by atoms with van der Waals surface area (Å²) in [6.45, 7) is -1.10. The summed E-state index contributed by atoms with van der Waals surface area (Å²) in [6.07, 6.45) is -4.69. The van der Waals surface area contributed by atoms with Crippen LogP contribution in [0.4, 0.5) is 22.0 Å². The molecule has 0 spiro atoms. The maximum absolute atomic E-state index is 12.6. The maximum atomic E-state index is 12.6. The molecule has 0 atom stereocenters. The molecule has 2 nitrogen and oxygen atoms in total. The normalized spacial score (nSPS) is 11.8. The van der Waals surface area contributed by atoms with Crippen LogP contribution in [0.25, 0.3) is 0 Å². The molecule has 0 saturated carbocycles. The molecule has 0 aliphatic carbocycles. The van der Waals surface area contributed by atoms with Crippen molar-refractivity contribution in [3.05, 3.63) is 28.8 Å². The van der Waals surface area contributed by atoms with Gasteiger partial charge in [-0.1, -0.05) is 0 Å². The Kier molecular flexibility index (Phi) is 3.93. The second kappa shape index (κ2) is 4.91. The van der Waals surface area contributed by atoms with E-state index < -0.39 is 29.9 Å². The predicted octanol–water partition coefficient (Wildman–Crippen LogP) is 3.82. The number of alkyl halides is 5. The fraction of sp³-hybridized carbons (Fsp3) is 0.364. The van der Waals surface area contributed by atoms with Gasteiger partial charge in [-0.2, -0.15) is 22.0 Å². The number of hydrogen-bond donors (Lipinski definition) is 0. The van der Waals surface area contributed by atoms with Crippen molar-refractivity contribution in [2.75, 3.05) is 0 Å². The Labute approximate surface area is 99.4 Å². The second-order valence-corrected chi connectivity index (χ2v) is 3.60. The number of Topliss-reactive ketones (excluding diaryl/α,β-unsaturated/α-hetero) is 1. The average Bonchev–Trinajstić information content (AvgIpc) is 2.17. The van der Waals surface area contributed by atoms with Gasteiger partial charge in [-0.15, -0.1) is 0 Å². The number of carbonyl (C=O) groups excluding carboxylic acids is 1. The van der Waals surface area contributed by atoms with E-state index in [1.54, 1.807) is 0 Å². The van der Waals surface area contributed by atoms with E-state index in [1.165, 1.54) is 0 Å². The van der Waals surface area contributed by atoms with Crippen molar-refractivity contribution < 1.29 is 31.5 Å². The number of rotatable bonds is 3. The van der Waals surface area contributed by atoms with Gasteiger partial charge in [-0.25, -0.2) is 0 Å². The van der Waals surface area contributed by atoms with Crippen LogP contribution in [0.5, 0.6) is 5.75 Å². The minimum absolute atomic E-state index is 0.227. The Bertz CT molecular complexity index is 465. The number of benzene rings is 1. The van der Waals surface area contributed by atoms with Crippen molar-refractivity contribution in [2.24, 2.45) is 0 Å². The summed E-state index contributed by atoms with van der Waals surface area (Å²) in [4.78, 5) is 11.2. The minimum atomic E-state index is -4.69. The highest BCUT2D eigenvalue weighted by Crippen LogP contribution is 2.36. The fourth-order valence-electron chi connectivity index (χ4n) is 1.46. The molecule has 18 heavy (non-hydrogen) atoms. The summed E-state index contributed by atoms with van der Waals surface area (Å²) in [5.41, 5.74) is -1.64. The van der Waals surface area contributed by atoms with Gasteiger partial charge in [0.1, 0.15) is 5.75 Å². The highest BCUT2D eigenvalue weighted by molar-refractivity contribution is 5.97. The highest BCUT2D eigenvalue weighted by atomic mass is 19.4.